The minimum absolute atomic E-state index is 0. The standard InChI is InChI=1S/C8H17INO.HI/c1-3-10(4-2)6-5-8(7-9)11-10;/h8H,3-7H2,1-2H3;1H/q+1;/p-1. The molecule has 0 aromatic heterocycles. The van der Waals surface area contributed by atoms with Crippen LogP contribution < -0.4 is 24.0 Å². The van der Waals surface area contributed by atoms with E-state index in [-0.39, 0.29) is 24.0 Å². The third-order valence-electron chi connectivity index (χ3n) is 2.56. The summed E-state index contributed by atoms with van der Waals surface area (Å²) in [6.45, 7) is 7.85. The highest BCUT2D eigenvalue weighted by Crippen LogP contribution is 2.23. The Morgan fingerprint density at radius 1 is 1.42 bits per heavy atom. The summed E-state index contributed by atoms with van der Waals surface area (Å²) in [4.78, 5) is 5.93. The molecule has 0 N–H and O–H groups in total. The molecule has 0 spiro atoms. The molecule has 0 aliphatic carbocycles. The Morgan fingerprint density at radius 2 is 2.00 bits per heavy atom. The van der Waals surface area contributed by atoms with Crippen molar-refractivity contribution < 1.29 is 33.5 Å². The van der Waals surface area contributed by atoms with E-state index in [1.54, 1.807) is 0 Å². The van der Waals surface area contributed by atoms with Gasteiger partial charge in [0.25, 0.3) is 0 Å². The van der Waals surface area contributed by atoms with E-state index >= 15 is 0 Å². The number of hydrogen-bond acceptors (Lipinski definition) is 1. The van der Waals surface area contributed by atoms with Crippen LogP contribution in [0, 0.1) is 0 Å². The highest BCUT2D eigenvalue weighted by Gasteiger charge is 2.36. The zero-order valence-electron chi connectivity index (χ0n) is 7.72. The first kappa shape index (κ1) is 13.4. The van der Waals surface area contributed by atoms with Gasteiger partial charge in [-0.2, -0.15) is 9.48 Å². The number of alkyl halides is 1. The van der Waals surface area contributed by atoms with Crippen LogP contribution in [0.3, 0.4) is 0 Å². The summed E-state index contributed by atoms with van der Waals surface area (Å²) in [5.74, 6) is 0. The van der Waals surface area contributed by atoms with Gasteiger partial charge in [0.05, 0.1) is 0 Å². The molecule has 0 bridgehead atoms. The van der Waals surface area contributed by atoms with Gasteiger partial charge in [0.1, 0.15) is 25.7 Å². The number of nitrogens with zero attached hydrogens (tertiary/aromatic N) is 1. The monoisotopic (exact) mass is 397 g/mol. The van der Waals surface area contributed by atoms with Crippen LogP contribution in [0.5, 0.6) is 0 Å². The van der Waals surface area contributed by atoms with Gasteiger partial charge in [-0.15, -0.1) is 0 Å². The molecule has 12 heavy (non-hydrogen) atoms. The van der Waals surface area contributed by atoms with Crippen molar-refractivity contribution in [2.75, 3.05) is 24.1 Å². The quantitative estimate of drug-likeness (QED) is 0.337. The first-order chi connectivity index (χ1) is 5.26. The number of halogens is 2. The molecule has 0 radical (unpaired) electrons. The molecule has 0 saturated carbocycles. The molecule has 0 amide bonds. The van der Waals surface area contributed by atoms with Gasteiger partial charge in [-0.25, -0.2) is 0 Å². The van der Waals surface area contributed by atoms with E-state index in [2.05, 4.69) is 36.4 Å². The first-order valence-electron chi connectivity index (χ1n) is 4.36. The Kier molecular flexibility index (Phi) is 6.66. The molecule has 1 atom stereocenters. The Bertz CT molecular complexity index is 128. The molecular weight excluding hydrogens is 380 g/mol. The third-order valence-corrected chi connectivity index (χ3v) is 3.54. The van der Waals surface area contributed by atoms with Crippen LogP contribution in [0.2, 0.25) is 0 Å². The minimum Gasteiger partial charge on any atom is -1.00 e. The molecule has 1 aliphatic rings. The predicted molar refractivity (Wildman–Crippen MR) is 54.6 cm³/mol. The van der Waals surface area contributed by atoms with E-state index < -0.39 is 0 Å². The number of hydrogen-bond donors (Lipinski definition) is 0. The van der Waals surface area contributed by atoms with E-state index in [0.29, 0.717) is 6.10 Å². The summed E-state index contributed by atoms with van der Waals surface area (Å²) in [6.07, 6.45) is 1.75. The SMILES string of the molecule is CC[N+]1(CC)CCC(CI)O1.[I-]. The van der Waals surface area contributed by atoms with Gasteiger partial charge < -0.3 is 24.0 Å². The lowest BCUT2D eigenvalue weighted by atomic mass is 10.3. The van der Waals surface area contributed by atoms with Crippen molar-refractivity contribution >= 4 is 22.6 Å². The Hall–Kier alpha value is 1.38. The van der Waals surface area contributed by atoms with Crippen LogP contribution in [0.1, 0.15) is 20.3 Å². The Morgan fingerprint density at radius 3 is 2.25 bits per heavy atom. The molecule has 1 saturated heterocycles. The van der Waals surface area contributed by atoms with Crippen molar-refractivity contribution in [3.05, 3.63) is 0 Å². The fourth-order valence-electron chi connectivity index (χ4n) is 1.60. The normalized spacial score (nSPS) is 26.8. The lowest BCUT2D eigenvalue weighted by Gasteiger charge is -2.28. The lowest BCUT2D eigenvalue weighted by molar-refractivity contribution is -1.09. The summed E-state index contributed by atoms with van der Waals surface area (Å²) >= 11 is 2.40. The zero-order chi connectivity index (χ0) is 8.32. The maximum atomic E-state index is 5.93. The fraction of sp³-hybridized carbons (Fsp3) is 1.00. The largest absolute Gasteiger partial charge is 1.00 e. The van der Waals surface area contributed by atoms with Crippen molar-refractivity contribution in [3.8, 4) is 0 Å². The topological polar surface area (TPSA) is 9.23 Å². The number of hydroxylamine groups is 3. The molecule has 0 aromatic carbocycles. The van der Waals surface area contributed by atoms with Crippen molar-refractivity contribution in [2.24, 2.45) is 0 Å². The summed E-state index contributed by atoms with van der Waals surface area (Å²) in [5, 5.41) is 0. The first-order valence-corrected chi connectivity index (χ1v) is 5.89. The fourth-order valence-corrected chi connectivity index (χ4v) is 2.20. The second-order valence-electron chi connectivity index (χ2n) is 3.08. The molecule has 4 heteroatoms. The molecular formula is C8H17I2NO. The van der Waals surface area contributed by atoms with Crippen molar-refractivity contribution in [1.82, 2.24) is 0 Å². The van der Waals surface area contributed by atoms with Crippen LogP contribution in [-0.2, 0) is 4.84 Å². The average molecular weight is 397 g/mol. The molecule has 0 aromatic rings. The van der Waals surface area contributed by atoms with Crippen molar-refractivity contribution in [1.29, 1.82) is 0 Å². The predicted octanol–water partition coefficient (Wildman–Crippen LogP) is -1.01. The van der Waals surface area contributed by atoms with Crippen LogP contribution in [0.15, 0.2) is 0 Å². The smallest absolute Gasteiger partial charge is 0.131 e. The molecule has 74 valence electrons. The Balaban J connectivity index is 0.00000121. The van der Waals surface area contributed by atoms with Crippen LogP contribution >= 0.6 is 22.6 Å². The van der Waals surface area contributed by atoms with E-state index in [4.69, 9.17) is 4.84 Å². The minimum atomic E-state index is 0. The molecule has 1 heterocycles. The molecule has 1 unspecified atom stereocenters. The van der Waals surface area contributed by atoms with Crippen LogP contribution in [-0.4, -0.2) is 34.8 Å². The van der Waals surface area contributed by atoms with Gasteiger partial charge in [-0.1, -0.05) is 22.6 Å². The summed E-state index contributed by atoms with van der Waals surface area (Å²) < 4.78 is 2.02. The third kappa shape index (κ3) is 2.95. The van der Waals surface area contributed by atoms with E-state index in [9.17, 15) is 0 Å². The van der Waals surface area contributed by atoms with Gasteiger partial charge in [0, 0.05) is 10.8 Å². The number of quaternary nitrogens is 1. The van der Waals surface area contributed by atoms with Crippen molar-refractivity contribution in [2.45, 2.75) is 26.4 Å². The molecule has 2 nitrogen and oxygen atoms in total. The van der Waals surface area contributed by atoms with E-state index in [1.165, 1.54) is 13.0 Å². The van der Waals surface area contributed by atoms with Gasteiger partial charge in [0.2, 0.25) is 0 Å². The summed E-state index contributed by atoms with van der Waals surface area (Å²) in [7, 11) is 0. The van der Waals surface area contributed by atoms with Crippen molar-refractivity contribution in [3.63, 3.8) is 0 Å². The van der Waals surface area contributed by atoms with Crippen LogP contribution in [0.25, 0.3) is 0 Å². The zero-order valence-corrected chi connectivity index (χ0v) is 12.0. The van der Waals surface area contributed by atoms with Gasteiger partial charge >= 0.3 is 0 Å². The lowest BCUT2D eigenvalue weighted by Crippen LogP contribution is -3.00. The second kappa shape index (κ2) is 5.98. The molecule has 1 fully saturated rings. The summed E-state index contributed by atoms with van der Waals surface area (Å²) in [6, 6.07) is 0. The Labute approximate surface area is 106 Å². The average Bonchev–Trinajstić information content (AvgIpc) is 2.49. The highest BCUT2D eigenvalue weighted by molar-refractivity contribution is 14.1. The summed E-state index contributed by atoms with van der Waals surface area (Å²) in [5.41, 5.74) is 0. The van der Waals surface area contributed by atoms with Gasteiger partial charge in [-0.3, -0.25) is 0 Å². The van der Waals surface area contributed by atoms with E-state index in [1.807, 2.05) is 0 Å². The molecule has 1 aliphatic heterocycles. The van der Waals surface area contributed by atoms with Crippen LogP contribution in [0.4, 0.5) is 0 Å². The van der Waals surface area contributed by atoms with Gasteiger partial charge in [-0.05, 0) is 13.8 Å². The molecule has 1 rings (SSSR count). The second-order valence-corrected chi connectivity index (χ2v) is 3.97. The van der Waals surface area contributed by atoms with Gasteiger partial charge in [0.15, 0.2) is 0 Å². The highest BCUT2D eigenvalue weighted by atomic mass is 127. The number of rotatable bonds is 3. The maximum Gasteiger partial charge on any atom is 0.131 e. The van der Waals surface area contributed by atoms with E-state index in [0.717, 1.165) is 22.2 Å². The maximum absolute atomic E-state index is 5.93.